The average molecular weight is 183 g/mol. The normalized spacial score (nSPS) is 27.2. The summed E-state index contributed by atoms with van der Waals surface area (Å²) in [6, 6.07) is 0. The molecule has 0 aromatic carbocycles. The molecule has 1 unspecified atom stereocenters. The van der Waals surface area contributed by atoms with Gasteiger partial charge >= 0.3 is 0 Å². The van der Waals surface area contributed by atoms with Gasteiger partial charge in [0.15, 0.2) is 0 Å². The highest BCUT2D eigenvalue weighted by atomic mass is 16.5. The van der Waals surface area contributed by atoms with Crippen molar-refractivity contribution < 1.29 is 9.47 Å². The van der Waals surface area contributed by atoms with Crippen molar-refractivity contribution in [3.63, 3.8) is 0 Å². The number of rotatable bonds is 4. The van der Waals surface area contributed by atoms with E-state index in [4.69, 9.17) is 15.2 Å². The topological polar surface area (TPSA) is 44.5 Å². The third-order valence-electron chi connectivity index (χ3n) is 2.41. The fraction of sp³-hybridized carbons (Fsp3) is 0.600. The Morgan fingerprint density at radius 2 is 2.31 bits per heavy atom. The maximum absolute atomic E-state index is 5.52. The maximum atomic E-state index is 5.52. The van der Waals surface area contributed by atoms with Crippen LogP contribution in [-0.4, -0.2) is 26.4 Å². The molecule has 3 heteroatoms. The van der Waals surface area contributed by atoms with Gasteiger partial charge in [0.25, 0.3) is 0 Å². The number of methoxy groups -OCH3 is 2. The van der Waals surface area contributed by atoms with E-state index in [9.17, 15) is 0 Å². The molecule has 3 nitrogen and oxygen atoms in total. The lowest BCUT2D eigenvalue weighted by Gasteiger charge is -2.30. The summed E-state index contributed by atoms with van der Waals surface area (Å²) >= 11 is 0. The molecular formula is C10H17NO2. The summed E-state index contributed by atoms with van der Waals surface area (Å²) in [6.07, 6.45) is 7.66. The second-order valence-electron chi connectivity index (χ2n) is 3.16. The van der Waals surface area contributed by atoms with Crippen LogP contribution in [0.5, 0.6) is 0 Å². The smallest absolute Gasteiger partial charge is 0.114 e. The number of hydrogen-bond acceptors (Lipinski definition) is 3. The number of allylic oxidation sites excluding steroid dienone is 1. The summed E-state index contributed by atoms with van der Waals surface area (Å²) in [4.78, 5) is 0. The van der Waals surface area contributed by atoms with Gasteiger partial charge in [0.05, 0.1) is 12.7 Å². The fourth-order valence-corrected chi connectivity index (χ4v) is 1.48. The van der Waals surface area contributed by atoms with Crippen molar-refractivity contribution >= 4 is 0 Å². The van der Waals surface area contributed by atoms with Gasteiger partial charge in [0, 0.05) is 13.5 Å². The third kappa shape index (κ3) is 2.32. The zero-order chi connectivity index (χ0) is 9.73. The van der Waals surface area contributed by atoms with E-state index in [1.807, 2.05) is 18.2 Å². The summed E-state index contributed by atoms with van der Waals surface area (Å²) in [6.45, 7) is 0.633. The SMILES string of the molecule is COC1=CCC(CCN)(OC)C=C1. The fourth-order valence-electron chi connectivity index (χ4n) is 1.48. The number of hydrogen-bond donors (Lipinski definition) is 1. The van der Waals surface area contributed by atoms with E-state index in [2.05, 4.69) is 0 Å². The molecule has 1 atom stereocenters. The van der Waals surface area contributed by atoms with Crippen molar-refractivity contribution in [1.29, 1.82) is 0 Å². The molecule has 0 amide bonds. The van der Waals surface area contributed by atoms with E-state index in [0.717, 1.165) is 18.6 Å². The Morgan fingerprint density at radius 1 is 1.54 bits per heavy atom. The molecule has 1 aliphatic carbocycles. The van der Waals surface area contributed by atoms with Crippen LogP contribution in [0.2, 0.25) is 0 Å². The summed E-state index contributed by atoms with van der Waals surface area (Å²) in [5.74, 6) is 0.893. The highest BCUT2D eigenvalue weighted by molar-refractivity contribution is 5.23. The predicted octanol–water partition coefficient (Wildman–Crippen LogP) is 1.21. The molecule has 0 saturated heterocycles. The van der Waals surface area contributed by atoms with Crippen molar-refractivity contribution in [3.8, 4) is 0 Å². The minimum atomic E-state index is -0.212. The van der Waals surface area contributed by atoms with Gasteiger partial charge in [-0.1, -0.05) is 0 Å². The Labute approximate surface area is 79.2 Å². The van der Waals surface area contributed by atoms with Crippen LogP contribution in [0.4, 0.5) is 0 Å². The summed E-state index contributed by atoms with van der Waals surface area (Å²) in [5, 5.41) is 0. The van der Waals surface area contributed by atoms with Gasteiger partial charge in [-0.15, -0.1) is 0 Å². The molecule has 0 bridgehead atoms. The van der Waals surface area contributed by atoms with Crippen LogP contribution in [0.3, 0.4) is 0 Å². The predicted molar refractivity (Wildman–Crippen MR) is 52.3 cm³/mol. The van der Waals surface area contributed by atoms with Gasteiger partial charge in [0.2, 0.25) is 0 Å². The largest absolute Gasteiger partial charge is 0.497 e. The zero-order valence-electron chi connectivity index (χ0n) is 8.25. The molecule has 0 spiro atoms. The average Bonchev–Trinajstić information content (AvgIpc) is 2.19. The Morgan fingerprint density at radius 3 is 2.69 bits per heavy atom. The van der Waals surface area contributed by atoms with Crippen LogP contribution in [-0.2, 0) is 9.47 Å². The maximum Gasteiger partial charge on any atom is 0.114 e. The van der Waals surface area contributed by atoms with Crippen LogP contribution in [0.25, 0.3) is 0 Å². The molecule has 0 aromatic heterocycles. The molecule has 0 radical (unpaired) electrons. The first-order valence-electron chi connectivity index (χ1n) is 4.45. The van der Waals surface area contributed by atoms with Gasteiger partial charge in [-0.2, -0.15) is 0 Å². The van der Waals surface area contributed by atoms with Crippen LogP contribution >= 0.6 is 0 Å². The monoisotopic (exact) mass is 183 g/mol. The standard InChI is InChI=1S/C10H17NO2/c1-12-9-3-5-10(13-2,6-4-9)7-8-11/h3-5H,6-8,11H2,1-2H3. The van der Waals surface area contributed by atoms with Crippen molar-refractivity contribution in [2.24, 2.45) is 5.73 Å². The van der Waals surface area contributed by atoms with Crippen molar-refractivity contribution in [2.75, 3.05) is 20.8 Å². The lowest BCUT2D eigenvalue weighted by atomic mass is 9.91. The van der Waals surface area contributed by atoms with E-state index in [1.54, 1.807) is 14.2 Å². The van der Waals surface area contributed by atoms with Crippen LogP contribution in [0.15, 0.2) is 24.0 Å². The molecule has 2 N–H and O–H groups in total. The summed E-state index contributed by atoms with van der Waals surface area (Å²) in [7, 11) is 3.38. The van der Waals surface area contributed by atoms with Gasteiger partial charge in [0.1, 0.15) is 5.76 Å². The van der Waals surface area contributed by atoms with E-state index in [0.29, 0.717) is 6.54 Å². The molecular weight excluding hydrogens is 166 g/mol. The second kappa shape index (κ2) is 4.44. The molecule has 0 fully saturated rings. The lowest BCUT2D eigenvalue weighted by molar-refractivity contribution is 0.0269. The minimum Gasteiger partial charge on any atom is -0.497 e. The van der Waals surface area contributed by atoms with Crippen LogP contribution < -0.4 is 5.73 Å². The molecule has 0 heterocycles. The molecule has 0 aromatic rings. The first-order chi connectivity index (χ1) is 6.26. The summed E-state index contributed by atoms with van der Waals surface area (Å²) in [5.41, 5.74) is 5.31. The number of nitrogens with two attached hydrogens (primary N) is 1. The van der Waals surface area contributed by atoms with Crippen molar-refractivity contribution in [1.82, 2.24) is 0 Å². The van der Waals surface area contributed by atoms with Gasteiger partial charge in [-0.25, -0.2) is 0 Å². The minimum absolute atomic E-state index is 0.212. The Hall–Kier alpha value is -0.800. The molecule has 1 rings (SSSR count). The Bertz CT molecular complexity index is 223. The highest BCUT2D eigenvalue weighted by Crippen LogP contribution is 2.27. The Balaban J connectivity index is 2.65. The van der Waals surface area contributed by atoms with Crippen molar-refractivity contribution in [2.45, 2.75) is 18.4 Å². The first kappa shape index (κ1) is 10.3. The molecule has 74 valence electrons. The van der Waals surface area contributed by atoms with Gasteiger partial charge in [-0.05, 0) is 31.2 Å². The third-order valence-corrected chi connectivity index (χ3v) is 2.41. The van der Waals surface area contributed by atoms with E-state index in [-0.39, 0.29) is 5.60 Å². The van der Waals surface area contributed by atoms with E-state index >= 15 is 0 Å². The zero-order valence-corrected chi connectivity index (χ0v) is 8.25. The van der Waals surface area contributed by atoms with E-state index in [1.165, 1.54) is 0 Å². The second-order valence-corrected chi connectivity index (χ2v) is 3.16. The van der Waals surface area contributed by atoms with E-state index < -0.39 is 0 Å². The quantitative estimate of drug-likeness (QED) is 0.712. The molecule has 13 heavy (non-hydrogen) atoms. The highest BCUT2D eigenvalue weighted by Gasteiger charge is 2.26. The summed E-state index contributed by atoms with van der Waals surface area (Å²) < 4.78 is 10.5. The van der Waals surface area contributed by atoms with Gasteiger partial charge in [-0.3, -0.25) is 0 Å². The first-order valence-corrected chi connectivity index (χ1v) is 4.45. The van der Waals surface area contributed by atoms with Crippen LogP contribution in [0.1, 0.15) is 12.8 Å². The lowest BCUT2D eigenvalue weighted by Crippen LogP contribution is -2.32. The molecule has 0 saturated carbocycles. The van der Waals surface area contributed by atoms with Gasteiger partial charge < -0.3 is 15.2 Å². The molecule has 0 aliphatic heterocycles. The van der Waals surface area contributed by atoms with Crippen LogP contribution in [0, 0.1) is 0 Å². The molecule has 1 aliphatic rings. The Kier molecular flexibility index (Phi) is 3.51. The number of ether oxygens (including phenoxy) is 2. The van der Waals surface area contributed by atoms with Crippen molar-refractivity contribution in [3.05, 3.63) is 24.0 Å².